The first-order valence-corrected chi connectivity index (χ1v) is 13.7. The number of hydrogen-bond acceptors (Lipinski definition) is 5. The van der Waals surface area contributed by atoms with Crippen LogP contribution in [-0.2, 0) is 23.9 Å². The predicted octanol–water partition coefficient (Wildman–Crippen LogP) is 4.67. The standard InChI is InChI=1S/C28H44N2O5/c1-3-5-18-34-19-10-16-29-25(31)20-23-21-28(27(33)35-4-2)15-9-13-24(28)30(26(23)32)17-14-22-11-7-6-8-12-22/h11,13,23H,3-10,12,14-21H2,1-2H3,(H,29,31)/t23-,28+/m1/s1. The number of esters is 1. The van der Waals surface area contributed by atoms with Crippen LogP contribution in [0, 0.1) is 11.3 Å². The molecule has 0 aromatic heterocycles. The maximum Gasteiger partial charge on any atom is 0.318 e. The van der Waals surface area contributed by atoms with Crippen molar-refractivity contribution in [2.75, 3.05) is 32.9 Å². The Kier molecular flexibility index (Phi) is 10.8. The van der Waals surface area contributed by atoms with Crippen molar-refractivity contribution in [1.29, 1.82) is 0 Å². The predicted molar refractivity (Wildman–Crippen MR) is 135 cm³/mol. The van der Waals surface area contributed by atoms with Crippen LogP contribution in [0.2, 0.25) is 0 Å². The number of carbonyl (C=O) groups excluding carboxylic acids is 3. The van der Waals surface area contributed by atoms with Crippen LogP contribution in [0.25, 0.3) is 0 Å². The summed E-state index contributed by atoms with van der Waals surface area (Å²) >= 11 is 0. The van der Waals surface area contributed by atoms with E-state index in [-0.39, 0.29) is 24.2 Å². The molecule has 2 amide bonds. The third-order valence-electron chi connectivity index (χ3n) is 7.47. The number of nitrogens with one attached hydrogen (secondary N) is 1. The molecule has 0 saturated carbocycles. The van der Waals surface area contributed by atoms with Crippen molar-refractivity contribution in [2.45, 2.75) is 90.9 Å². The smallest absolute Gasteiger partial charge is 0.318 e. The lowest BCUT2D eigenvalue weighted by molar-refractivity contribution is -0.160. The van der Waals surface area contributed by atoms with Crippen molar-refractivity contribution in [3.05, 3.63) is 23.4 Å². The number of fused-ring (bicyclic) bond motifs is 1. The third-order valence-corrected chi connectivity index (χ3v) is 7.47. The van der Waals surface area contributed by atoms with Crippen molar-refractivity contribution in [3.8, 4) is 0 Å². The number of ether oxygens (including phenoxy) is 2. The normalized spacial score (nSPS) is 24.0. The summed E-state index contributed by atoms with van der Waals surface area (Å²) in [5.74, 6) is -0.952. The first-order valence-electron chi connectivity index (χ1n) is 13.7. The Hall–Kier alpha value is -2.15. The fraction of sp³-hybridized carbons (Fsp3) is 0.750. The maximum atomic E-state index is 13.6. The molecule has 1 saturated heterocycles. The van der Waals surface area contributed by atoms with E-state index in [9.17, 15) is 14.4 Å². The molecule has 0 aromatic rings. The average molecular weight is 489 g/mol. The molecule has 0 radical (unpaired) electrons. The van der Waals surface area contributed by atoms with Gasteiger partial charge in [0.15, 0.2) is 0 Å². The number of rotatable bonds is 14. The lowest BCUT2D eigenvalue weighted by atomic mass is 9.71. The van der Waals surface area contributed by atoms with E-state index in [0.29, 0.717) is 39.1 Å². The molecule has 3 rings (SSSR count). The first-order chi connectivity index (χ1) is 17.0. The maximum absolute atomic E-state index is 13.6. The van der Waals surface area contributed by atoms with Crippen LogP contribution in [0.4, 0.5) is 0 Å². The molecule has 196 valence electrons. The van der Waals surface area contributed by atoms with Gasteiger partial charge >= 0.3 is 5.97 Å². The van der Waals surface area contributed by atoms with Crippen LogP contribution in [0.5, 0.6) is 0 Å². The minimum atomic E-state index is -0.817. The van der Waals surface area contributed by atoms with Crippen molar-refractivity contribution < 1.29 is 23.9 Å². The molecular weight excluding hydrogens is 444 g/mol. The number of unbranched alkanes of at least 4 members (excludes halogenated alkanes) is 1. The fourth-order valence-electron chi connectivity index (χ4n) is 5.58. The van der Waals surface area contributed by atoms with Gasteiger partial charge in [0.05, 0.1) is 6.61 Å². The SMILES string of the molecule is CCCCOCCCNC(=O)C[C@@H]1C[C@@]2(C(=O)OCC)CCC=C2N(CCC2=CCCCC2)C1=O. The van der Waals surface area contributed by atoms with Crippen LogP contribution >= 0.6 is 0 Å². The highest BCUT2D eigenvalue weighted by molar-refractivity contribution is 5.92. The molecule has 2 aliphatic carbocycles. The summed E-state index contributed by atoms with van der Waals surface area (Å²) in [6.07, 6.45) is 14.5. The van der Waals surface area contributed by atoms with Crippen LogP contribution in [0.1, 0.15) is 90.9 Å². The second-order valence-corrected chi connectivity index (χ2v) is 10.1. The van der Waals surface area contributed by atoms with Crippen molar-refractivity contribution in [3.63, 3.8) is 0 Å². The summed E-state index contributed by atoms with van der Waals surface area (Å²) in [5.41, 5.74) is 1.38. The largest absolute Gasteiger partial charge is 0.465 e. The summed E-state index contributed by atoms with van der Waals surface area (Å²) in [6, 6.07) is 0. The topological polar surface area (TPSA) is 84.9 Å². The number of nitrogens with zero attached hydrogens (tertiary/aromatic N) is 1. The monoisotopic (exact) mass is 488 g/mol. The Balaban J connectivity index is 1.64. The van der Waals surface area contributed by atoms with Gasteiger partial charge in [0.2, 0.25) is 11.8 Å². The van der Waals surface area contributed by atoms with Crippen molar-refractivity contribution >= 4 is 17.8 Å². The van der Waals surface area contributed by atoms with Gasteiger partial charge in [-0.3, -0.25) is 14.4 Å². The van der Waals surface area contributed by atoms with E-state index in [1.807, 2.05) is 17.9 Å². The quantitative estimate of drug-likeness (QED) is 0.218. The molecular formula is C28H44N2O5. The fourth-order valence-corrected chi connectivity index (χ4v) is 5.58. The molecule has 1 N–H and O–H groups in total. The number of hydrogen-bond donors (Lipinski definition) is 1. The first kappa shape index (κ1) is 27.4. The Morgan fingerprint density at radius 3 is 2.71 bits per heavy atom. The number of carbonyl (C=O) groups is 3. The van der Waals surface area contributed by atoms with Crippen LogP contribution in [-0.4, -0.2) is 55.6 Å². The van der Waals surface area contributed by atoms with E-state index in [0.717, 1.165) is 57.2 Å². The van der Waals surface area contributed by atoms with Gasteiger partial charge in [0, 0.05) is 44.3 Å². The molecule has 0 bridgehead atoms. The van der Waals surface area contributed by atoms with Crippen LogP contribution in [0.15, 0.2) is 23.4 Å². The van der Waals surface area contributed by atoms with Crippen molar-refractivity contribution in [1.82, 2.24) is 10.2 Å². The van der Waals surface area contributed by atoms with Gasteiger partial charge in [0.25, 0.3) is 0 Å². The van der Waals surface area contributed by atoms with Crippen LogP contribution in [0.3, 0.4) is 0 Å². The number of amides is 2. The lowest BCUT2D eigenvalue weighted by Crippen LogP contribution is -2.52. The number of allylic oxidation sites excluding steroid dienone is 2. The molecule has 2 atom stereocenters. The van der Waals surface area contributed by atoms with E-state index in [2.05, 4.69) is 18.3 Å². The average Bonchev–Trinajstić information content (AvgIpc) is 3.29. The highest BCUT2D eigenvalue weighted by atomic mass is 16.5. The Morgan fingerprint density at radius 2 is 1.97 bits per heavy atom. The summed E-state index contributed by atoms with van der Waals surface area (Å²) in [7, 11) is 0. The van der Waals surface area contributed by atoms with Gasteiger partial charge in [-0.25, -0.2) is 0 Å². The third kappa shape index (κ3) is 7.18. The number of piperidine rings is 1. The van der Waals surface area contributed by atoms with E-state index >= 15 is 0 Å². The van der Waals surface area contributed by atoms with Gasteiger partial charge in [-0.15, -0.1) is 0 Å². The summed E-state index contributed by atoms with van der Waals surface area (Å²) in [6.45, 7) is 6.70. The van der Waals surface area contributed by atoms with E-state index in [1.54, 1.807) is 0 Å². The lowest BCUT2D eigenvalue weighted by Gasteiger charge is -2.44. The molecule has 1 fully saturated rings. The Bertz CT molecular complexity index is 805. The van der Waals surface area contributed by atoms with Gasteiger partial charge in [-0.1, -0.05) is 31.1 Å². The Morgan fingerprint density at radius 1 is 1.14 bits per heavy atom. The molecule has 0 aromatic carbocycles. The van der Waals surface area contributed by atoms with E-state index in [1.165, 1.54) is 18.4 Å². The van der Waals surface area contributed by atoms with Gasteiger partial charge in [-0.05, 0) is 71.1 Å². The molecule has 7 nitrogen and oxygen atoms in total. The van der Waals surface area contributed by atoms with Gasteiger partial charge in [0.1, 0.15) is 5.41 Å². The zero-order chi connectivity index (χ0) is 25.1. The second-order valence-electron chi connectivity index (χ2n) is 10.1. The summed E-state index contributed by atoms with van der Waals surface area (Å²) < 4.78 is 11.0. The molecule has 35 heavy (non-hydrogen) atoms. The van der Waals surface area contributed by atoms with Gasteiger partial charge < -0.3 is 19.7 Å². The van der Waals surface area contributed by atoms with Crippen LogP contribution < -0.4 is 5.32 Å². The molecule has 1 heterocycles. The molecule has 3 aliphatic rings. The Labute approximate surface area is 210 Å². The highest BCUT2D eigenvalue weighted by Crippen LogP contribution is 2.51. The zero-order valence-electron chi connectivity index (χ0n) is 21.7. The number of likely N-dealkylation sites (tertiary alicyclic amines) is 1. The zero-order valence-corrected chi connectivity index (χ0v) is 21.7. The minimum absolute atomic E-state index is 0.0347. The van der Waals surface area contributed by atoms with E-state index in [4.69, 9.17) is 9.47 Å². The van der Waals surface area contributed by atoms with Crippen molar-refractivity contribution in [2.24, 2.45) is 11.3 Å². The minimum Gasteiger partial charge on any atom is -0.465 e. The molecule has 1 aliphatic heterocycles. The molecule has 0 spiro atoms. The molecule has 7 heteroatoms. The molecule has 0 unspecified atom stereocenters. The highest BCUT2D eigenvalue weighted by Gasteiger charge is 2.55. The summed E-state index contributed by atoms with van der Waals surface area (Å²) in [4.78, 5) is 41.3. The van der Waals surface area contributed by atoms with E-state index < -0.39 is 11.3 Å². The second kappa shape index (κ2) is 13.8. The van der Waals surface area contributed by atoms with Gasteiger partial charge in [-0.2, -0.15) is 0 Å². The summed E-state index contributed by atoms with van der Waals surface area (Å²) in [5, 5.41) is 2.94.